The third-order valence-electron chi connectivity index (χ3n) is 4.38. The van der Waals surface area contributed by atoms with Crippen LogP contribution in [0.4, 0.5) is 0 Å². The topological polar surface area (TPSA) is 50.9 Å². The van der Waals surface area contributed by atoms with Crippen molar-refractivity contribution in [2.75, 3.05) is 0 Å². The minimum absolute atomic E-state index is 0.378. The van der Waals surface area contributed by atoms with Crippen LogP contribution in [0.2, 0.25) is 0 Å². The molecule has 1 aromatic heterocycles. The third-order valence-corrected chi connectivity index (χ3v) is 4.38. The van der Waals surface area contributed by atoms with E-state index in [0.29, 0.717) is 12.6 Å². The lowest BCUT2D eigenvalue weighted by Gasteiger charge is -2.25. The molecule has 1 unspecified atom stereocenters. The van der Waals surface area contributed by atoms with Gasteiger partial charge in [-0.2, -0.15) is 0 Å². The maximum absolute atomic E-state index is 5.69. The Morgan fingerprint density at radius 3 is 3.05 bits per heavy atom. The van der Waals surface area contributed by atoms with Crippen LogP contribution in [0.5, 0.6) is 0 Å². The fraction of sp³-hybridized carbons (Fsp3) is 0.389. The van der Waals surface area contributed by atoms with E-state index in [0.717, 1.165) is 13.0 Å². The number of nitrogens with one attached hydrogen (secondary N) is 1. The molecule has 3 heteroatoms. The van der Waals surface area contributed by atoms with Gasteiger partial charge in [0.05, 0.1) is 11.7 Å². The van der Waals surface area contributed by atoms with Crippen LogP contribution in [-0.2, 0) is 19.5 Å². The molecule has 1 aliphatic carbocycles. The molecule has 3 N–H and O–H groups in total. The quantitative estimate of drug-likeness (QED) is 0.905. The van der Waals surface area contributed by atoms with Gasteiger partial charge in [0.1, 0.15) is 0 Å². The van der Waals surface area contributed by atoms with E-state index in [4.69, 9.17) is 5.73 Å². The van der Waals surface area contributed by atoms with Crippen LogP contribution in [0.1, 0.15) is 46.8 Å². The predicted octanol–water partition coefficient (Wildman–Crippen LogP) is 3.02. The van der Waals surface area contributed by atoms with Gasteiger partial charge in [-0.25, -0.2) is 0 Å². The Bertz CT molecular complexity index is 622. The van der Waals surface area contributed by atoms with Gasteiger partial charge in [-0.3, -0.25) is 4.98 Å². The van der Waals surface area contributed by atoms with E-state index in [-0.39, 0.29) is 0 Å². The zero-order chi connectivity index (χ0) is 14.7. The average molecular weight is 281 g/mol. The summed E-state index contributed by atoms with van der Waals surface area (Å²) in [7, 11) is 0. The van der Waals surface area contributed by atoms with Crippen LogP contribution in [0.3, 0.4) is 0 Å². The number of hydrogen-bond acceptors (Lipinski definition) is 3. The Morgan fingerprint density at radius 2 is 2.24 bits per heavy atom. The van der Waals surface area contributed by atoms with Gasteiger partial charge in [-0.05, 0) is 54.5 Å². The average Bonchev–Trinajstić information content (AvgIpc) is 2.53. The number of fused-ring (bicyclic) bond motifs is 1. The lowest BCUT2D eigenvalue weighted by molar-refractivity contribution is 0.447. The molecule has 2 aromatic rings. The van der Waals surface area contributed by atoms with Crippen molar-refractivity contribution in [1.82, 2.24) is 10.3 Å². The van der Waals surface area contributed by atoms with Crippen molar-refractivity contribution in [2.45, 2.75) is 45.3 Å². The first kappa shape index (κ1) is 14.2. The largest absolute Gasteiger partial charge is 0.326 e. The molecule has 3 nitrogen and oxygen atoms in total. The highest BCUT2D eigenvalue weighted by Crippen LogP contribution is 2.28. The molecule has 0 bridgehead atoms. The highest BCUT2D eigenvalue weighted by molar-refractivity contribution is 5.31. The standard InChI is InChI=1S/C18H23N3/c1-13-10-14(11-19)7-8-16(13)12-21-17-6-2-4-15-5-3-9-20-18(15)17/h3,5,7-10,17,21H,2,4,6,11-12,19H2,1H3. The fourth-order valence-corrected chi connectivity index (χ4v) is 3.12. The maximum atomic E-state index is 5.69. The van der Waals surface area contributed by atoms with Crippen LogP contribution in [-0.4, -0.2) is 4.98 Å². The molecule has 1 aliphatic rings. The number of hydrogen-bond donors (Lipinski definition) is 2. The van der Waals surface area contributed by atoms with E-state index in [1.165, 1.54) is 40.8 Å². The molecule has 0 aliphatic heterocycles. The van der Waals surface area contributed by atoms with E-state index in [9.17, 15) is 0 Å². The Kier molecular flexibility index (Phi) is 4.32. The highest BCUT2D eigenvalue weighted by Gasteiger charge is 2.20. The summed E-state index contributed by atoms with van der Waals surface area (Å²) in [6.45, 7) is 3.65. The molecule has 1 atom stereocenters. The Morgan fingerprint density at radius 1 is 1.33 bits per heavy atom. The van der Waals surface area contributed by atoms with Crippen LogP contribution >= 0.6 is 0 Å². The Labute approximate surface area is 126 Å². The summed E-state index contributed by atoms with van der Waals surface area (Å²) in [6.07, 6.45) is 5.47. The summed E-state index contributed by atoms with van der Waals surface area (Å²) in [5.41, 5.74) is 12.2. The first-order valence-corrected chi connectivity index (χ1v) is 7.73. The van der Waals surface area contributed by atoms with Crippen molar-refractivity contribution in [3.8, 4) is 0 Å². The van der Waals surface area contributed by atoms with Gasteiger partial charge in [-0.15, -0.1) is 0 Å². The monoisotopic (exact) mass is 281 g/mol. The molecule has 0 saturated heterocycles. The van der Waals surface area contributed by atoms with E-state index in [2.05, 4.69) is 41.5 Å². The van der Waals surface area contributed by atoms with Crippen molar-refractivity contribution in [1.29, 1.82) is 0 Å². The van der Waals surface area contributed by atoms with Crippen LogP contribution < -0.4 is 11.1 Å². The number of benzene rings is 1. The molecule has 0 radical (unpaired) electrons. The van der Waals surface area contributed by atoms with E-state index in [1.54, 1.807) is 0 Å². The fourth-order valence-electron chi connectivity index (χ4n) is 3.12. The molecule has 21 heavy (non-hydrogen) atoms. The van der Waals surface area contributed by atoms with Crippen LogP contribution in [0.25, 0.3) is 0 Å². The number of rotatable bonds is 4. The SMILES string of the molecule is Cc1cc(CN)ccc1CNC1CCCc2cccnc21. The van der Waals surface area contributed by atoms with E-state index in [1.807, 2.05) is 12.3 Å². The number of aromatic nitrogens is 1. The first-order chi connectivity index (χ1) is 10.3. The maximum Gasteiger partial charge on any atom is 0.0605 e. The Hall–Kier alpha value is -1.71. The van der Waals surface area contributed by atoms with Crippen molar-refractivity contribution in [2.24, 2.45) is 5.73 Å². The molecule has 0 fully saturated rings. The number of aryl methyl sites for hydroxylation is 2. The van der Waals surface area contributed by atoms with Gasteiger partial charge in [0, 0.05) is 19.3 Å². The van der Waals surface area contributed by atoms with Crippen molar-refractivity contribution in [3.05, 3.63) is 64.5 Å². The van der Waals surface area contributed by atoms with Crippen molar-refractivity contribution >= 4 is 0 Å². The number of pyridine rings is 1. The second-order valence-electron chi connectivity index (χ2n) is 5.84. The summed E-state index contributed by atoms with van der Waals surface area (Å²) in [6, 6.07) is 11.1. The van der Waals surface area contributed by atoms with E-state index < -0.39 is 0 Å². The van der Waals surface area contributed by atoms with Gasteiger partial charge in [0.25, 0.3) is 0 Å². The van der Waals surface area contributed by atoms with Gasteiger partial charge in [-0.1, -0.05) is 24.3 Å². The molecule has 1 aromatic carbocycles. The second-order valence-corrected chi connectivity index (χ2v) is 5.84. The smallest absolute Gasteiger partial charge is 0.0605 e. The highest BCUT2D eigenvalue weighted by atomic mass is 14.9. The lowest BCUT2D eigenvalue weighted by atomic mass is 9.91. The van der Waals surface area contributed by atoms with Crippen LogP contribution in [0.15, 0.2) is 36.5 Å². The molecular weight excluding hydrogens is 258 g/mol. The molecule has 110 valence electrons. The predicted molar refractivity (Wildman–Crippen MR) is 85.8 cm³/mol. The minimum Gasteiger partial charge on any atom is -0.326 e. The normalized spacial score (nSPS) is 17.5. The third kappa shape index (κ3) is 3.14. The van der Waals surface area contributed by atoms with Gasteiger partial charge in [0.2, 0.25) is 0 Å². The van der Waals surface area contributed by atoms with Gasteiger partial charge >= 0.3 is 0 Å². The minimum atomic E-state index is 0.378. The molecule has 3 rings (SSSR count). The van der Waals surface area contributed by atoms with Gasteiger partial charge in [0.15, 0.2) is 0 Å². The summed E-state index contributed by atoms with van der Waals surface area (Å²) >= 11 is 0. The molecule has 0 saturated carbocycles. The van der Waals surface area contributed by atoms with Crippen molar-refractivity contribution in [3.63, 3.8) is 0 Å². The lowest BCUT2D eigenvalue weighted by Crippen LogP contribution is -2.26. The number of nitrogens with zero attached hydrogens (tertiary/aromatic N) is 1. The zero-order valence-corrected chi connectivity index (χ0v) is 12.6. The van der Waals surface area contributed by atoms with Gasteiger partial charge < -0.3 is 11.1 Å². The Balaban J connectivity index is 1.71. The first-order valence-electron chi connectivity index (χ1n) is 7.73. The molecular formula is C18H23N3. The van der Waals surface area contributed by atoms with Crippen molar-refractivity contribution < 1.29 is 0 Å². The summed E-state index contributed by atoms with van der Waals surface area (Å²) in [5, 5.41) is 3.68. The number of nitrogens with two attached hydrogens (primary N) is 1. The zero-order valence-electron chi connectivity index (χ0n) is 12.6. The summed E-state index contributed by atoms with van der Waals surface area (Å²) < 4.78 is 0. The van der Waals surface area contributed by atoms with E-state index >= 15 is 0 Å². The second kappa shape index (κ2) is 6.37. The molecule has 1 heterocycles. The summed E-state index contributed by atoms with van der Waals surface area (Å²) in [4.78, 5) is 4.58. The van der Waals surface area contributed by atoms with Crippen LogP contribution in [0, 0.1) is 6.92 Å². The molecule has 0 spiro atoms. The molecule has 0 amide bonds. The summed E-state index contributed by atoms with van der Waals surface area (Å²) in [5.74, 6) is 0.